The molecule has 0 aliphatic carbocycles. The number of hydrogen-bond acceptors (Lipinski definition) is 5. The second kappa shape index (κ2) is 8.29. The van der Waals surface area contributed by atoms with Crippen LogP contribution >= 0.6 is 11.6 Å². The molecule has 0 aliphatic heterocycles. The van der Waals surface area contributed by atoms with Crippen molar-refractivity contribution >= 4 is 35.1 Å². The minimum absolute atomic E-state index is 0.192. The van der Waals surface area contributed by atoms with Crippen LogP contribution in [-0.4, -0.2) is 31.7 Å². The first-order valence-corrected chi connectivity index (χ1v) is 9.53. The second-order valence-corrected chi connectivity index (χ2v) is 6.97. The van der Waals surface area contributed by atoms with Crippen LogP contribution < -0.4 is 11.1 Å². The lowest BCUT2D eigenvalue weighted by atomic mass is 10.1. The molecule has 2 heterocycles. The van der Waals surface area contributed by atoms with Crippen LogP contribution in [0.1, 0.15) is 20.8 Å². The molecule has 0 bridgehead atoms. The zero-order valence-electron chi connectivity index (χ0n) is 16.0. The number of carboxylic acid groups (broad SMARTS) is 1. The molecule has 2 aromatic heterocycles. The number of hydrogen-bond donors (Lipinski definition) is 3. The number of carbonyl (C=O) groups excluding carboxylic acids is 1. The molecule has 0 spiro atoms. The third-order valence-electron chi connectivity index (χ3n) is 4.45. The molecule has 4 aromatic rings. The van der Waals surface area contributed by atoms with Gasteiger partial charge < -0.3 is 16.2 Å². The maximum Gasteiger partial charge on any atom is 0.356 e. The predicted octanol–water partition coefficient (Wildman–Crippen LogP) is 4.12. The van der Waals surface area contributed by atoms with Crippen molar-refractivity contribution in [2.75, 3.05) is 11.1 Å². The smallest absolute Gasteiger partial charge is 0.356 e. The highest BCUT2D eigenvalue weighted by molar-refractivity contribution is 6.34. The highest BCUT2D eigenvalue weighted by Crippen LogP contribution is 2.26. The summed E-state index contributed by atoms with van der Waals surface area (Å²) in [5, 5.41) is 16.3. The SMILES string of the molecule is Nc1cccc(-c2ccc(Cl)c(C(=O)Nc3cc(C(=O)O)nn3-c3ccccc3)c2)n1. The Morgan fingerprint density at radius 3 is 2.48 bits per heavy atom. The highest BCUT2D eigenvalue weighted by Gasteiger charge is 2.19. The van der Waals surface area contributed by atoms with E-state index < -0.39 is 11.9 Å². The average Bonchev–Trinajstić information content (AvgIpc) is 3.19. The van der Waals surface area contributed by atoms with E-state index in [1.54, 1.807) is 60.7 Å². The fourth-order valence-corrected chi connectivity index (χ4v) is 3.20. The largest absolute Gasteiger partial charge is 0.476 e. The van der Waals surface area contributed by atoms with Crippen molar-refractivity contribution in [3.05, 3.63) is 89.1 Å². The van der Waals surface area contributed by atoms with E-state index in [1.165, 1.54) is 10.7 Å². The number of amides is 1. The first-order chi connectivity index (χ1) is 14.9. The normalized spacial score (nSPS) is 10.6. The van der Waals surface area contributed by atoms with E-state index in [2.05, 4.69) is 15.4 Å². The number of anilines is 2. The Morgan fingerprint density at radius 1 is 1.00 bits per heavy atom. The van der Waals surface area contributed by atoms with Crippen LogP contribution in [-0.2, 0) is 0 Å². The van der Waals surface area contributed by atoms with Crippen LogP contribution in [0.15, 0.2) is 72.8 Å². The number of carboxylic acids is 1. The molecule has 31 heavy (non-hydrogen) atoms. The van der Waals surface area contributed by atoms with Crippen LogP contribution in [0.25, 0.3) is 16.9 Å². The summed E-state index contributed by atoms with van der Waals surface area (Å²) < 4.78 is 1.35. The predicted molar refractivity (Wildman–Crippen MR) is 118 cm³/mol. The third kappa shape index (κ3) is 4.24. The molecular weight excluding hydrogens is 418 g/mol. The van der Waals surface area contributed by atoms with Crippen molar-refractivity contribution in [2.45, 2.75) is 0 Å². The van der Waals surface area contributed by atoms with Crippen LogP contribution in [0, 0.1) is 0 Å². The standard InChI is InChI=1S/C22H16ClN5O3/c23-16-10-9-13(17-7-4-8-19(24)25-17)11-15(16)21(29)26-20-12-18(22(30)31)27-28(20)14-5-2-1-3-6-14/h1-12H,(H2,24,25)(H,26,29)(H,30,31). The number of aromatic nitrogens is 3. The summed E-state index contributed by atoms with van der Waals surface area (Å²) in [6.07, 6.45) is 0. The molecule has 154 valence electrons. The van der Waals surface area contributed by atoms with Gasteiger partial charge in [0, 0.05) is 11.6 Å². The van der Waals surface area contributed by atoms with E-state index in [9.17, 15) is 14.7 Å². The molecule has 0 aliphatic rings. The van der Waals surface area contributed by atoms with Crippen LogP contribution in [0.3, 0.4) is 0 Å². The summed E-state index contributed by atoms with van der Waals surface area (Å²) >= 11 is 6.27. The zero-order chi connectivity index (χ0) is 22.0. The van der Waals surface area contributed by atoms with E-state index in [-0.39, 0.29) is 22.1 Å². The summed E-state index contributed by atoms with van der Waals surface area (Å²) in [6, 6.07) is 20.3. The van der Waals surface area contributed by atoms with Gasteiger partial charge in [-0.15, -0.1) is 0 Å². The maximum atomic E-state index is 13.0. The van der Waals surface area contributed by atoms with Crippen molar-refractivity contribution in [2.24, 2.45) is 0 Å². The fourth-order valence-electron chi connectivity index (χ4n) is 3.00. The van der Waals surface area contributed by atoms with Crippen molar-refractivity contribution in [1.29, 1.82) is 0 Å². The molecule has 9 heteroatoms. The van der Waals surface area contributed by atoms with Crippen LogP contribution in [0.2, 0.25) is 5.02 Å². The monoisotopic (exact) mass is 433 g/mol. The maximum absolute atomic E-state index is 13.0. The second-order valence-electron chi connectivity index (χ2n) is 6.56. The summed E-state index contributed by atoms with van der Waals surface area (Å²) in [5.74, 6) is -1.19. The lowest BCUT2D eigenvalue weighted by Gasteiger charge is -2.11. The van der Waals surface area contributed by atoms with Crippen LogP contribution in [0.5, 0.6) is 0 Å². The molecule has 8 nitrogen and oxygen atoms in total. The molecule has 4 N–H and O–H groups in total. The third-order valence-corrected chi connectivity index (χ3v) is 4.78. The molecule has 1 amide bonds. The number of rotatable bonds is 5. The number of carbonyl (C=O) groups is 2. The molecular formula is C22H16ClN5O3. The van der Waals surface area contributed by atoms with Gasteiger partial charge in [-0.25, -0.2) is 14.5 Å². The number of pyridine rings is 1. The minimum atomic E-state index is -1.21. The molecule has 0 saturated heterocycles. The Kier molecular flexibility index (Phi) is 5.38. The number of aromatic carboxylic acids is 1. The van der Waals surface area contributed by atoms with E-state index >= 15 is 0 Å². The first kappa shape index (κ1) is 20.1. The highest BCUT2D eigenvalue weighted by atomic mass is 35.5. The first-order valence-electron chi connectivity index (χ1n) is 9.15. The molecule has 4 rings (SSSR count). The van der Waals surface area contributed by atoms with Crippen molar-refractivity contribution in [1.82, 2.24) is 14.8 Å². The lowest BCUT2D eigenvalue weighted by molar-refractivity contribution is 0.0689. The Labute approximate surface area is 181 Å². The van der Waals surface area contributed by atoms with Gasteiger partial charge in [0.1, 0.15) is 11.6 Å². The quantitative estimate of drug-likeness (QED) is 0.435. The molecule has 0 unspecified atom stereocenters. The summed E-state index contributed by atoms with van der Waals surface area (Å²) in [4.78, 5) is 28.7. The van der Waals surface area contributed by atoms with Gasteiger partial charge in [-0.2, -0.15) is 5.10 Å². The number of halogens is 1. The number of nitrogen functional groups attached to an aromatic ring is 1. The van der Waals surface area contributed by atoms with Gasteiger partial charge in [0.05, 0.1) is 22.0 Å². The van der Waals surface area contributed by atoms with Crippen molar-refractivity contribution in [3.8, 4) is 16.9 Å². The molecule has 0 radical (unpaired) electrons. The Hall–Kier alpha value is -4.17. The van der Waals surface area contributed by atoms with Gasteiger partial charge in [0.25, 0.3) is 5.91 Å². The Morgan fingerprint density at radius 2 is 1.77 bits per heavy atom. The zero-order valence-corrected chi connectivity index (χ0v) is 16.7. The average molecular weight is 434 g/mol. The Balaban J connectivity index is 1.70. The molecule has 0 atom stereocenters. The molecule has 2 aromatic carbocycles. The minimum Gasteiger partial charge on any atom is -0.476 e. The summed E-state index contributed by atoms with van der Waals surface area (Å²) in [5.41, 5.74) is 7.58. The number of benzene rings is 2. The van der Waals surface area contributed by atoms with Gasteiger partial charge in [0.2, 0.25) is 0 Å². The van der Waals surface area contributed by atoms with E-state index in [0.717, 1.165) is 0 Å². The van der Waals surface area contributed by atoms with Gasteiger partial charge in [-0.05, 0) is 36.4 Å². The fraction of sp³-hybridized carbons (Fsp3) is 0. The van der Waals surface area contributed by atoms with Gasteiger partial charge >= 0.3 is 5.97 Å². The van der Waals surface area contributed by atoms with Gasteiger partial charge in [-0.1, -0.05) is 41.9 Å². The molecule has 0 fully saturated rings. The van der Waals surface area contributed by atoms with Crippen molar-refractivity contribution < 1.29 is 14.7 Å². The number of nitrogens with two attached hydrogens (primary N) is 1. The number of para-hydroxylation sites is 1. The van der Waals surface area contributed by atoms with E-state index in [1.807, 2.05) is 6.07 Å². The topological polar surface area (TPSA) is 123 Å². The van der Waals surface area contributed by atoms with Crippen molar-refractivity contribution in [3.63, 3.8) is 0 Å². The number of nitrogens with one attached hydrogen (secondary N) is 1. The van der Waals surface area contributed by atoms with E-state index in [0.29, 0.717) is 22.8 Å². The summed E-state index contributed by atoms with van der Waals surface area (Å²) in [7, 11) is 0. The molecule has 0 saturated carbocycles. The van der Waals surface area contributed by atoms with E-state index in [4.69, 9.17) is 17.3 Å². The summed E-state index contributed by atoms with van der Waals surface area (Å²) in [6.45, 7) is 0. The Bertz CT molecular complexity index is 1290. The number of nitrogens with zero attached hydrogens (tertiary/aromatic N) is 3. The van der Waals surface area contributed by atoms with Gasteiger partial charge in [0.15, 0.2) is 5.69 Å². The van der Waals surface area contributed by atoms with Crippen LogP contribution in [0.4, 0.5) is 11.6 Å². The van der Waals surface area contributed by atoms with Gasteiger partial charge in [-0.3, -0.25) is 4.79 Å². The lowest BCUT2D eigenvalue weighted by Crippen LogP contribution is -2.15.